The molecule has 136 valence electrons. The van der Waals surface area contributed by atoms with Crippen molar-refractivity contribution >= 4 is 12.1 Å². The lowest BCUT2D eigenvalue weighted by Crippen LogP contribution is -2.53. The summed E-state index contributed by atoms with van der Waals surface area (Å²) in [6.45, 7) is 3.79. The summed E-state index contributed by atoms with van der Waals surface area (Å²) in [5.41, 5.74) is 3.08. The topological polar surface area (TPSA) is 98.1 Å². The highest BCUT2D eigenvalue weighted by Gasteiger charge is 2.39. The minimum Gasteiger partial charge on any atom is -0.338 e. The fourth-order valence-electron chi connectivity index (χ4n) is 3.15. The second kappa shape index (κ2) is 7.70. The Morgan fingerprint density at radius 1 is 1.33 bits per heavy atom. The maximum atomic E-state index is 12.6. The Morgan fingerprint density at radius 2 is 2.11 bits per heavy atom. The Bertz CT molecular complexity index is 946. The maximum Gasteiger partial charge on any atom is 0.330 e. The van der Waals surface area contributed by atoms with Crippen molar-refractivity contribution in [2.75, 3.05) is 6.54 Å². The summed E-state index contributed by atoms with van der Waals surface area (Å²) in [6.07, 6.45) is 3.38. The van der Waals surface area contributed by atoms with Crippen LogP contribution in [-0.2, 0) is 0 Å². The van der Waals surface area contributed by atoms with Gasteiger partial charge >= 0.3 is 12.1 Å². The van der Waals surface area contributed by atoms with E-state index < -0.39 is 18.1 Å². The summed E-state index contributed by atoms with van der Waals surface area (Å²) in [5.74, 6) is 0. The number of carbonyl (C=O) groups excluding carboxylic acids is 2. The van der Waals surface area contributed by atoms with Crippen LogP contribution in [0.4, 0.5) is 9.59 Å². The van der Waals surface area contributed by atoms with Gasteiger partial charge in [-0.1, -0.05) is 30.3 Å². The SMILES string of the molecule is CCNC(=O)N1C(=O)NC(C)=C(C#N)C1c1ccccc1-c1cccnc1. The highest BCUT2D eigenvalue weighted by atomic mass is 16.2. The zero-order valence-electron chi connectivity index (χ0n) is 15.1. The molecule has 0 aliphatic carbocycles. The van der Waals surface area contributed by atoms with Crippen molar-refractivity contribution in [3.63, 3.8) is 0 Å². The Morgan fingerprint density at radius 3 is 2.78 bits per heavy atom. The normalized spacial score (nSPS) is 16.6. The lowest BCUT2D eigenvalue weighted by molar-refractivity contribution is 0.173. The summed E-state index contributed by atoms with van der Waals surface area (Å²) in [4.78, 5) is 30.4. The van der Waals surface area contributed by atoms with Gasteiger partial charge in [0.1, 0.15) is 6.04 Å². The van der Waals surface area contributed by atoms with Crippen LogP contribution in [0.25, 0.3) is 11.1 Å². The zero-order valence-corrected chi connectivity index (χ0v) is 15.1. The molecule has 7 nitrogen and oxygen atoms in total. The smallest absolute Gasteiger partial charge is 0.330 e. The van der Waals surface area contributed by atoms with E-state index in [1.165, 1.54) is 0 Å². The first kappa shape index (κ1) is 18.1. The molecule has 2 heterocycles. The molecule has 0 saturated heterocycles. The van der Waals surface area contributed by atoms with E-state index in [0.717, 1.165) is 16.0 Å². The van der Waals surface area contributed by atoms with Crippen LogP contribution in [-0.4, -0.2) is 28.5 Å². The third-order valence-corrected chi connectivity index (χ3v) is 4.34. The lowest BCUT2D eigenvalue weighted by atomic mass is 9.89. The fraction of sp³-hybridized carbons (Fsp3) is 0.200. The number of pyridine rings is 1. The van der Waals surface area contributed by atoms with E-state index in [2.05, 4.69) is 21.7 Å². The lowest BCUT2D eigenvalue weighted by Gasteiger charge is -2.35. The van der Waals surface area contributed by atoms with Gasteiger partial charge in [-0.15, -0.1) is 0 Å². The minimum absolute atomic E-state index is 0.317. The molecule has 1 aliphatic heterocycles. The highest BCUT2D eigenvalue weighted by molar-refractivity contribution is 5.97. The van der Waals surface area contributed by atoms with Gasteiger partial charge in [0.25, 0.3) is 0 Å². The molecule has 1 aromatic carbocycles. The van der Waals surface area contributed by atoms with E-state index in [1.807, 2.05) is 36.4 Å². The van der Waals surface area contributed by atoms with E-state index in [0.29, 0.717) is 23.4 Å². The van der Waals surface area contributed by atoms with Crippen molar-refractivity contribution in [1.82, 2.24) is 20.5 Å². The number of carbonyl (C=O) groups is 2. The molecule has 2 N–H and O–H groups in total. The van der Waals surface area contributed by atoms with E-state index in [9.17, 15) is 14.9 Å². The van der Waals surface area contributed by atoms with Gasteiger partial charge in [-0.3, -0.25) is 4.98 Å². The standard InChI is InChI=1S/C20H19N5O2/c1-3-23-19(26)25-18(17(11-21)13(2)24-20(25)27)16-9-5-4-8-15(16)14-7-6-10-22-12-14/h4-10,12,18H,3H2,1-2H3,(H,23,26)(H,24,27). The molecular formula is C20H19N5O2. The van der Waals surface area contributed by atoms with Crippen LogP contribution < -0.4 is 10.6 Å². The third kappa shape index (κ3) is 3.37. The molecule has 3 rings (SSSR count). The molecule has 0 bridgehead atoms. The predicted octanol–water partition coefficient (Wildman–Crippen LogP) is 3.34. The summed E-state index contributed by atoms with van der Waals surface area (Å²) in [7, 11) is 0. The zero-order chi connectivity index (χ0) is 19.4. The number of benzene rings is 1. The number of hydrogen-bond donors (Lipinski definition) is 2. The predicted molar refractivity (Wildman–Crippen MR) is 100 cm³/mol. The molecule has 0 spiro atoms. The van der Waals surface area contributed by atoms with Crippen molar-refractivity contribution in [2.45, 2.75) is 19.9 Å². The summed E-state index contributed by atoms with van der Waals surface area (Å²) < 4.78 is 0. The first-order valence-corrected chi connectivity index (χ1v) is 8.56. The molecule has 0 radical (unpaired) electrons. The first-order chi connectivity index (χ1) is 13.1. The van der Waals surface area contributed by atoms with Crippen molar-refractivity contribution < 1.29 is 9.59 Å². The molecule has 0 saturated carbocycles. The number of allylic oxidation sites excluding steroid dienone is 1. The molecule has 1 aromatic heterocycles. The number of nitrogens with zero attached hydrogens (tertiary/aromatic N) is 3. The van der Waals surface area contributed by atoms with E-state index >= 15 is 0 Å². The Kier molecular flexibility index (Phi) is 5.18. The van der Waals surface area contributed by atoms with Crippen LogP contribution in [0.3, 0.4) is 0 Å². The summed E-state index contributed by atoms with van der Waals surface area (Å²) in [6, 6.07) is 11.3. The third-order valence-electron chi connectivity index (χ3n) is 4.34. The van der Waals surface area contributed by atoms with E-state index in [-0.39, 0.29) is 0 Å². The number of nitriles is 1. The highest BCUT2D eigenvalue weighted by Crippen LogP contribution is 2.38. The quantitative estimate of drug-likeness (QED) is 0.876. The van der Waals surface area contributed by atoms with Gasteiger partial charge in [0.15, 0.2) is 0 Å². The van der Waals surface area contributed by atoms with Crippen molar-refractivity contribution in [3.05, 3.63) is 65.6 Å². The maximum absolute atomic E-state index is 12.6. The number of nitrogens with one attached hydrogen (secondary N) is 2. The molecule has 1 aliphatic rings. The van der Waals surface area contributed by atoms with Crippen LogP contribution in [0, 0.1) is 11.3 Å². The molecular weight excluding hydrogens is 342 g/mol. The Labute approximate surface area is 157 Å². The molecule has 1 atom stereocenters. The van der Waals surface area contributed by atoms with Crippen LogP contribution in [0.2, 0.25) is 0 Å². The monoisotopic (exact) mass is 361 g/mol. The molecule has 4 amide bonds. The number of urea groups is 2. The van der Waals surface area contributed by atoms with Crippen molar-refractivity contribution in [1.29, 1.82) is 5.26 Å². The Balaban J connectivity index is 2.22. The number of amides is 4. The largest absolute Gasteiger partial charge is 0.338 e. The molecule has 27 heavy (non-hydrogen) atoms. The van der Waals surface area contributed by atoms with Gasteiger partial charge < -0.3 is 10.6 Å². The molecule has 0 fully saturated rings. The van der Waals surface area contributed by atoms with E-state index in [1.54, 1.807) is 26.2 Å². The average Bonchev–Trinajstić information content (AvgIpc) is 2.68. The average molecular weight is 361 g/mol. The van der Waals surface area contributed by atoms with E-state index in [4.69, 9.17) is 0 Å². The number of aromatic nitrogens is 1. The van der Waals surface area contributed by atoms with Gasteiger partial charge in [-0.25, -0.2) is 14.5 Å². The molecule has 1 unspecified atom stereocenters. The van der Waals surface area contributed by atoms with Crippen LogP contribution >= 0.6 is 0 Å². The minimum atomic E-state index is -0.827. The number of hydrogen-bond acceptors (Lipinski definition) is 4. The molecule has 2 aromatic rings. The first-order valence-electron chi connectivity index (χ1n) is 8.56. The Hall–Kier alpha value is -3.66. The van der Waals surface area contributed by atoms with Crippen LogP contribution in [0.5, 0.6) is 0 Å². The number of imide groups is 1. The number of rotatable bonds is 3. The second-order valence-corrected chi connectivity index (χ2v) is 6.02. The van der Waals surface area contributed by atoms with Gasteiger partial charge in [-0.05, 0) is 31.0 Å². The van der Waals surface area contributed by atoms with Crippen LogP contribution in [0.15, 0.2) is 60.1 Å². The van der Waals surface area contributed by atoms with Crippen molar-refractivity contribution in [2.24, 2.45) is 0 Å². The van der Waals surface area contributed by atoms with Crippen LogP contribution in [0.1, 0.15) is 25.5 Å². The van der Waals surface area contributed by atoms with Gasteiger partial charge in [-0.2, -0.15) is 5.26 Å². The molecule has 7 heteroatoms. The summed E-state index contributed by atoms with van der Waals surface area (Å²) in [5, 5.41) is 15.0. The second-order valence-electron chi connectivity index (χ2n) is 6.02. The van der Waals surface area contributed by atoms with Gasteiger partial charge in [0.2, 0.25) is 0 Å². The fourth-order valence-corrected chi connectivity index (χ4v) is 3.15. The van der Waals surface area contributed by atoms with Gasteiger partial charge in [0, 0.05) is 30.2 Å². The van der Waals surface area contributed by atoms with Crippen molar-refractivity contribution in [3.8, 4) is 17.2 Å². The van der Waals surface area contributed by atoms with Gasteiger partial charge in [0.05, 0.1) is 11.6 Å². The summed E-state index contributed by atoms with van der Waals surface area (Å²) >= 11 is 0.